The molecule has 1 aromatic carbocycles. The second-order valence-corrected chi connectivity index (χ2v) is 8.38. The third kappa shape index (κ3) is 2.00. The van der Waals surface area contributed by atoms with Gasteiger partial charge in [0, 0.05) is 12.8 Å². The number of carbonyl (C=O) groups excluding carboxylic acids is 2. The van der Waals surface area contributed by atoms with Crippen molar-refractivity contribution in [3.63, 3.8) is 0 Å². The smallest absolute Gasteiger partial charge is 0.328 e. The quantitative estimate of drug-likeness (QED) is 0.737. The van der Waals surface area contributed by atoms with Crippen molar-refractivity contribution in [2.24, 2.45) is 17.8 Å². The first-order valence-electron chi connectivity index (χ1n) is 9.31. The van der Waals surface area contributed by atoms with Crippen molar-refractivity contribution >= 4 is 11.9 Å². The summed E-state index contributed by atoms with van der Waals surface area (Å²) in [7, 11) is 1.42. The minimum Gasteiger partial charge on any atom is -0.467 e. The van der Waals surface area contributed by atoms with Crippen molar-refractivity contribution in [3.8, 4) is 0 Å². The number of hydrogen-bond donors (Lipinski definition) is 0. The van der Waals surface area contributed by atoms with Crippen LogP contribution in [0.5, 0.6) is 0 Å². The van der Waals surface area contributed by atoms with Gasteiger partial charge in [0.15, 0.2) is 0 Å². The fourth-order valence-corrected chi connectivity index (χ4v) is 5.76. The van der Waals surface area contributed by atoms with Gasteiger partial charge >= 0.3 is 5.97 Å². The number of fused-ring (bicyclic) bond motifs is 1. The summed E-state index contributed by atoms with van der Waals surface area (Å²) in [5.74, 6) is 1.11. The number of benzene rings is 1. The van der Waals surface area contributed by atoms with Gasteiger partial charge < -0.3 is 9.64 Å². The molecule has 4 heteroatoms. The molecule has 0 radical (unpaired) electrons. The Hall–Kier alpha value is -1.84. The van der Waals surface area contributed by atoms with Crippen molar-refractivity contribution in [2.45, 2.75) is 58.5 Å². The van der Waals surface area contributed by atoms with Gasteiger partial charge in [-0.1, -0.05) is 26.0 Å². The molecule has 0 unspecified atom stereocenters. The Kier molecular flexibility index (Phi) is 3.54. The van der Waals surface area contributed by atoms with Crippen LogP contribution in [-0.2, 0) is 26.3 Å². The molecule has 25 heavy (non-hydrogen) atoms. The summed E-state index contributed by atoms with van der Waals surface area (Å²) in [5.41, 5.74) is 4.67. The predicted molar refractivity (Wildman–Crippen MR) is 95.0 cm³/mol. The first-order valence-corrected chi connectivity index (χ1v) is 9.31. The number of methoxy groups -OCH3 is 1. The molecule has 1 aromatic rings. The van der Waals surface area contributed by atoms with Crippen molar-refractivity contribution in [2.75, 3.05) is 7.11 Å². The van der Waals surface area contributed by atoms with E-state index in [-0.39, 0.29) is 23.3 Å². The average Bonchev–Trinajstić information content (AvgIpc) is 2.99. The number of hydrogen-bond acceptors (Lipinski definition) is 3. The predicted octanol–water partition coefficient (Wildman–Crippen LogP) is 3.12. The third-order valence-electron chi connectivity index (χ3n) is 7.26. The van der Waals surface area contributed by atoms with Crippen LogP contribution in [0, 0.1) is 31.6 Å². The number of esters is 1. The number of ether oxygens (including phenoxy) is 1. The molecule has 1 aliphatic carbocycles. The highest BCUT2D eigenvalue weighted by Gasteiger charge is 2.65. The lowest BCUT2D eigenvalue weighted by molar-refractivity contribution is -0.156. The van der Waals surface area contributed by atoms with E-state index < -0.39 is 6.04 Å². The van der Waals surface area contributed by atoms with Crippen LogP contribution < -0.4 is 0 Å². The second kappa shape index (κ2) is 5.33. The Morgan fingerprint density at radius 3 is 2.56 bits per heavy atom. The molecular formula is C21H27NO3. The van der Waals surface area contributed by atoms with E-state index in [0.29, 0.717) is 24.7 Å². The third-order valence-corrected chi connectivity index (χ3v) is 7.26. The van der Waals surface area contributed by atoms with Gasteiger partial charge in [-0.15, -0.1) is 0 Å². The van der Waals surface area contributed by atoms with Crippen molar-refractivity contribution in [1.82, 2.24) is 4.90 Å². The standard InChI is InChI=1S/C21H27NO3/c1-11-6-15-8-18(20(24)25-5)22-19(23)9-16-14(4)13(3)10-21(16,22)17(15)7-12(11)2/h6-7,13-14,16,18H,8-10H2,1-5H3/t13-,14+,16-,18-,21+/m0/s1. The molecular weight excluding hydrogens is 314 g/mol. The SMILES string of the molecule is COC(=O)[C@@H]1Cc2cc(C)c(C)cc2[C@@]23C[C@H](C)[C@@H](C)[C@@H]2CC(=O)N13. The maximum atomic E-state index is 13.0. The van der Waals surface area contributed by atoms with Gasteiger partial charge in [-0.05, 0) is 60.3 Å². The summed E-state index contributed by atoms with van der Waals surface area (Å²) < 4.78 is 5.08. The summed E-state index contributed by atoms with van der Waals surface area (Å²) >= 11 is 0. The van der Waals surface area contributed by atoms with E-state index in [1.165, 1.54) is 29.4 Å². The van der Waals surface area contributed by atoms with Gasteiger partial charge in [0.25, 0.3) is 0 Å². The van der Waals surface area contributed by atoms with Gasteiger partial charge in [-0.2, -0.15) is 0 Å². The summed E-state index contributed by atoms with van der Waals surface area (Å²) in [6.45, 7) is 8.80. The fraction of sp³-hybridized carbons (Fsp3) is 0.619. The zero-order valence-electron chi connectivity index (χ0n) is 15.8. The van der Waals surface area contributed by atoms with Crippen molar-refractivity contribution in [3.05, 3.63) is 34.4 Å². The highest BCUT2D eigenvalue weighted by atomic mass is 16.5. The molecule has 4 rings (SSSR count). The van der Waals surface area contributed by atoms with Gasteiger partial charge in [-0.25, -0.2) is 4.79 Å². The Labute approximate surface area is 149 Å². The minimum atomic E-state index is -0.491. The van der Waals surface area contributed by atoms with Gasteiger partial charge in [0.05, 0.1) is 12.6 Å². The van der Waals surface area contributed by atoms with Crippen molar-refractivity contribution < 1.29 is 14.3 Å². The molecule has 5 atom stereocenters. The monoisotopic (exact) mass is 341 g/mol. The number of nitrogens with zero attached hydrogens (tertiary/aromatic N) is 1. The number of rotatable bonds is 1. The van der Waals surface area contributed by atoms with Crippen LogP contribution in [-0.4, -0.2) is 29.9 Å². The van der Waals surface area contributed by atoms with Crippen LogP contribution in [0.15, 0.2) is 12.1 Å². The molecule has 0 aromatic heterocycles. The lowest BCUT2D eigenvalue weighted by atomic mass is 9.72. The van der Waals surface area contributed by atoms with Gasteiger partial charge in [0.1, 0.15) is 6.04 Å². The van der Waals surface area contributed by atoms with E-state index in [1.807, 2.05) is 4.90 Å². The highest BCUT2D eigenvalue weighted by molar-refractivity contribution is 5.89. The van der Waals surface area contributed by atoms with E-state index in [9.17, 15) is 9.59 Å². The van der Waals surface area contributed by atoms with E-state index >= 15 is 0 Å². The lowest BCUT2D eigenvalue weighted by Gasteiger charge is -2.48. The first-order chi connectivity index (χ1) is 11.8. The van der Waals surface area contributed by atoms with Gasteiger partial charge in [0.2, 0.25) is 5.91 Å². The fourth-order valence-electron chi connectivity index (χ4n) is 5.76. The number of amides is 1. The summed E-state index contributed by atoms with van der Waals surface area (Å²) in [5, 5.41) is 0. The summed E-state index contributed by atoms with van der Waals surface area (Å²) in [6, 6.07) is 4.01. The summed E-state index contributed by atoms with van der Waals surface area (Å²) in [4.78, 5) is 27.4. The molecule has 0 N–H and O–H groups in total. The molecule has 1 spiro atoms. The van der Waals surface area contributed by atoms with E-state index in [1.54, 1.807) is 0 Å². The highest BCUT2D eigenvalue weighted by Crippen LogP contribution is 2.61. The van der Waals surface area contributed by atoms with Gasteiger partial charge in [-0.3, -0.25) is 4.79 Å². The van der Waals surface area contributed by atoms with Crippen LogP contribution in [0.25, 0.3) is 0 Å². The molecule has 3 aliphatic rings. The van der Waals surface area contributed by atoms with E-state index in [4.69, 9.17) is 4.74 Å². The molecule has 4 nitrogen and oxygen atoms in total. The average molecular weight is 341 g/mol. The Morgan fingerprint density at radius 2 is 1.88 bits per heavy atom. The second-order valence-electron chi connectivity index (χ2n) is 8.38. The molecule has 0 bridgehead atoms. The van der Waals surface area contributed by atoms with Crippen LogP contribution in [0.4, 0.5) is 0 Å². The Bertz CT molecular complexity index is 771. The van der Waals surface area contributed by atoms with Crippen LogP contribution in [0.3, 0.4) is 0 Å². The first kappa shape index (κ1) is 16.6. The largest absolute Gasteiger partial charge is 0.467 e. The lowest BCUT2D eigenvalue weighted by Crippen LogP contribution is -2.57. The summed E-state index contributed by atoms with van der Waals surface area (Å²) in [6.07, 6.45) is 2.05. The zero-order valence-corrected chi connectivity index (χ0v) is 15.8. The number of carbonyl (C=O) groups is 2. The van der Waals surface area contributed by atoms with E-state index in [2.05, 4.69) is 39.8 Å². The zero-order chi connectivity index (χ0) is 18.1. The number of aryl methyl sites for hydroxylation is 2. The van der Waals surface area contributed by atoms with Crippen LogP contribution in [0.1, 0.15) is 48.9 Å². The van der Waals surface area contributed by atoms with Crippen LogP contribution >= 0.6 is 0 Å². The normalized spacial score (nSPS) is 36.0. The molecule has 1 amide bonds. The Balaban J connectivity index is 1.98. The molecule has 2 heterocycles. The molecule has 1 saturated carbocycles. The maximum absolute atomic E-state index is 13.0. The molecule has 2 aliphatic heterocycles. The maximum Gasteiger partial charge on any atom is 0.328 e. The topological polar surface area (TPSA) is 46.6 Å². The molecule has 134 valence electrons. The molecule has 2 fully saturated rings. The Morgan fingerprint density at radius 1 is 1.20 bits per heavy atom. The minimum absolute atomic E-state index is 0.114. The van der Waals surface area contributed by atoms with Crippen LogP contribution in [0.2, 0.25) is 0 Å². The van der Waals surface area contributed by atoms with Crippen molar-refractivity contribution in [1.29, 1.82) is 0 Å². The molecule has 1 saturated heterocycles. The van der Waals surface area contributed by atoms with E-state index in [0.717, 1.165) is 6.42 Å².